The number of hydrogen-bond acceptors (Lipinski definition) is 7. The number of para-hydroxylation sites is 2. The molecule has 3 aromatic rings. The highest BCUT2D eigenvalue weighted by Gasteiger charge is 2.02. The SMILES string of the molecule is C=CC(/C=N/N(C)c1ccccc1)=C\C=NCCSSCC[n+]1ccc(/C=N/N(C)c2ccccc2)cc1. The lowest BCUT2D eigenvalue weighted by atomic mass is 10.3. The quantitative estimate of drug-likeness (QED) is 0.0578. The van der Waals surface area contributed by atoms with Crippen LogP contribution < -0.4 is 14.6 Å². The van der Waals surface area contributed by atoms with Crippen molar-refractivity contribution in [1.82, 2.24) is 0 Å². The van der Waals surface area contributed by atoms with Crippen molar-refractivity contribution in [2.24, 2.45) is 15.2 Å². The summed E-state index contributed by atoms with van der Waals surface area (Å²) in [6.45, 7) is 5.60. The van der Waals surface area contributed by atoms with Gasteiger partial charge in [-0.15, -0.1) is 0 Å². The van der Waals surface area contributed by atoms with E-state index in [-0.39, 0.29) is 0 Å². The Bertz CT molecular complexity index is 1210. The average Bonchev–Trinajstić information content (AvgIpc) is 2.97. The van der Waals surface area contributed by atoms with Gasteiger partial charge in [0.1, 0.15) is 0 Å². The molecular weight excluding hydrogens is 509 g/mol. The van der Waals surface area contributed by atoms with Crippen LogP contribution >= 0.6 is 21.6 Å². The molecule has 0 atom stereocenters. The Balaban J connectivity index is 1.29. The second kappa shape index (κ2) is 17.0. The van der Waals surface area contributed by atoms with E-state index in [9.17, 15) is 0 Å². The molecule has 38 heavy (non-hydrogen) atoms. The summed E-state index contributed by atoms with van der Waals surface area (Å²) in [7, 11) is 7.60. The Kier molecular flexibility index (Phi) is 12.9. The van der Waals surface area contributed by atoms with Gasteiger partial charge in [-0.3, -0.25) is 15.0 Å². The Morgan fingerprint density at radius 2 is 1.45 bits per heavy atom. The van der Waals surface area contributed by atoms with Crippen molar-refractivity contribution < 1.29 is 4.57 Å². The van der Waals surface area contributed by atoms with E-state index >= 15 is 0 Å². The molecular formula is C30H35N6S2+. The highest BCUT2D eigenvalue weighted by molar-refractivity contribution is 8.76. The first-order valence-corrected chi connectivity index (χ1v) is 14.9. The standard InChI is InChI=1S/C30H35N6S2/c1-4-27(25-32-34(2)29-11-7-5-8-12-29)15-18-31-19-23-37-38-24-22-36-20-16-28(17-21-36)26-33-35(3)30-13-9-6-10-14-30/h4-18,20-21,25-26H,1,19,22-24H2,2-3H3/q+1/b27-15+,31-18?,32-25+. The molecule has 0 amide bonds. The van der Waals surface area contributed by atoms with Crippen LogP contribution in [-0.2, 0) is 6.54 Å². The van der Waals surface area contributed by atoms with E-state index < -0.39 is 0 Å². The number of hydrogen-bond donors (Lipinski definition) is 0. The monoisotopic (exact) mass is 543 g/mol. The molecule has 8 heteroatoms. The molecule has 0 unspecified atom stereocenters. The average molecular weight is 544 g/mol. The first-order chi connectivity index (χ1) is 18.7. The smallest absolute Gasteiger partial charge is 0.169 e. The molecule has 0 saturated heterocycles. The van der Waals surface area contributed by atoms with E-state index in [4.69, 9.17) is 0 Å². The van der Waals surface area contributed by atoms with E-state index in [1.54, 1.807) is 12.3 Å². The van der Waals surface area contributed by atoms with Gasteiger partial charge in [0.15, 0.2) is 18.9 Å². The van der Waals surface area contributed by atoms with Gasteiger partial charge >= 0.3 is 0 Å². The first kappa shape index (κ1) is 28.9. The number of pyridine rings is 1. The maximum Gasteiger partial charge on any atom is 0.169 e. The zero-order chi connectivity index (χ0) is 26.8. The van der Waals surface area contributed by atoms with Crippen LogP contribution in [0.5, 0.6) is 0 Å². The molecule has 0 saturated carbocycles. The van der Waals surface area contributed by atoms with Crippen LogP contribution in [0, 0.1) is 0 Å². The predicted molar refractivity (Wildman–Crippen MR) is 169 cm³/mol. The molecule has 6 nitrogen and oxygen atoms in total. The van der Waals surface area contributed by atoms with Gasteiger partial charge in [0.25, 0.3) is 0 Å². The van der Waals surface area contributed by atoms with E-state index in [0.29, 0.717) is 0 Å². The summed E-state index contributed by atoms with van der Waals surface area (Å²) in [6.07, 6.45) is 13.4. The van der Waals surface area contributed by atoms with Crippen molar-refractivity contribution in [2.75, 3.05) is 42.2 Å². The molecule has 0 N–H and O–H groups in total. The molecule has 0 aliphatic carbocycles. The fourth-order valence-corrected chi connectivity index (χ4v) is 5.01. The summed E-state index contributed by atoms with van der Waals surface area (Å²) in [5.74, 6) is 2.01. The van der Waals surface area contributed by atoms with Gasteiger partial charge < -0.3 is 0 Å². The number of rotatable bonds is 15. The molecule has 3 rings (SSSR count). The van der Waals surface area contributed by atoms with Crippen LogP contribution in [0.2, 0.25) is 0 Å². The normalized spacial score (nSPS) is 12.0. The van der Waals surface area contributed by atoms with Crippen molar-refractivity contribution in [3.63, 3.8) is 0 Å². The van der Waals surface area contributed by atoms with Crippen molar-refractivity contribution in [3.8, 4) is 0 Å². The molecule has 0 aliphatic rings. The number of nitrogens with zero attached hydrogens (tertiary/aromatic N) is 6. The Hall–Kier alpha value is -3.62. The lowest BCUT2D eigenvalue weighted by Gasteiger charge is -2.12. The van der Waals surface area contributed by atoms with Gasteiger partial charge in [-0.2, -0.15) is 10.2 Å². The second-order valence-electron chi connectivity index (χ2n) is 8.15. The lowest BCUT2D eigenvalue weighted by molar-refractivity contribution is -0.692. The fourth-order valence-electron chi connectivity index (χ4n) is 3.16. The molecule has 1 aromatic heterocycles. The summed E-state index contributed by atoms with van der Waals surface area (Å²) < 4.78 is 2.20. The molecule has 0 bridgehead atoms. The Labute approximate surface area is 234 Å². The van der Waals surface area contributed by atoms with Crippen molar-refractivity contribution in [3.05, 3.63) is 115 Å². The highest BCUT2D eigenvalue weighted by Crippen LogP contribution is 2.20. The van der Waals surface area contributed by atoms with Crippen LogP contribution in [0.15, 0.2) is 125 Å². The van der Waals surface area contributed by atoms with Crippen molar-refractivity contribution in [1.29, 1.82) is 0 Å². The van der Waals surface area contributed by atoms with Gasteiger partial charge in [0.2, 0.25) is 0 Å². The number of allylic oxidation sites excluding steroid dienone is 3. The van der Waals surface area contributed by atoms with Crippen LogP contribution in [0.3, 0.4) is 0 Å². The van der Waals surface area contributed by atoms with Crippen LogP contribution in [0.25, 0.3) is 0 Å². The number of aromatic nitrogens is 1. The van der Waals surface area contributed by atoms with Gasteiger partial charge in [0, 0.05) is 50.3 Å². The lowest BCUT2D eigenvalue weighted by Crippen LogP contribution is -2.33. The van der Waals surface area contributed by atoms with Crippen LogP contribution in [0.1, 0.15) is 5.56 Å². The number of anilines is 2. The van der Waals surface area contributed by atoms with E-state index in [2.05, 4.69) is 50.9 Å². The van der Waals surface area contributed by atoms with Crippen LogP contribution in [-0.4, -0.2) is 50.8 Å². The highest BCUT2D eigenvalue weighted by atomic mass is 33.1. The minimum Gasteiger partial charge on any atom is -0.292 e. The zero-order valence-electron chi connectivity index (χ0n) is 22.0. The zero-order valence-corrected chi connectivity index (χ0v) is 23.6. The van der Waals surface area contributed by atoms with Crippen molar-refractivity contribution in [2.45, 2.75) is 6.54 Å². The van der Waals surface area contributed by atoms with Gasteiger partial charge in [-0.25, -0.2) is 4.57 Å². The van der Waals surface area contributed by atoms with E-state index in [1.807, 2.05) is 125 Å². The number of benzene rings is 2. The molecule has 0 spiro atoms. The minimum absolute atomic E-state index is 0.776. The van der Waals surface area contributed by atoms with Crippen molar-refractivity contribution >= 4 is 51.6 Å². The summed E-state index contributed by atoms with van der Waals surface area (Å²) in [5, 5.41) is 12.7. The molecule has 0 fully saturated rings. The Morgan fingerprint density at radius 1 is 0.842 bits per heavy atom. The molecule has 1 heterocycles. The van der Waals surface area contributed by atoms with Gasteiger partial charge in [-0.05, 0) is 35.9 Å². The summed E-state index contributed by atoms with van der Waals surface area (Å²) in [4.78, 5) is 4.48. The van der Waals surface area contributed by atoms with E-state index in [1.165, 1.54) is 0 Å². The van der Waals surface area contributed by atoms with E-state index in [0.717, 1.165) is 47.1 Å². The first-order valence-electron chi connectivity index (χ1n) is 12.4. The number of aliphatic imine (C=N–C) groups is 1. The molecule has 2 aromatic carbocycles. The number of hydrazone groups is 2. The van der Waals surface area contributed by atoms with Crippen LogP contribution in [0.4, 0.5) is 11.4 Å². The third-order valence-corrected chi connectivity index (χ3v) is 7.73. The summed E-state index contributed by atoms with van der Waals surface area (Å²) in [6, 6.07) is 24.3. The maximum absolute atomic E-state index is 4.52. The van der Waals surface area contributed by atoms with Gasteiger partial charge in [-0.1, -0.05) is 70.6 Å². The predicted octanol–water partition coefficient (Wildman–Crippen LogP) is 6.13. The Morgan fingerprint density at radius 3 is 2.08 bits per heavy atom. The molecule has 0 aliphatic heterocycles. The summed E-state index contributed by atoms with van der Waals surface area (Å²) >= 11 is 0. The van der Waals surface area contributed by atoms with Gasteiger partial charge in [0.05, 0.1) is 29.6 Å². The maximum atomic E-state index is 4.52. The fraction of sp³-hybridized carbons (Fsp3) is 0.200. The second-order valence-corrected chi connectivity index (χ2v) is 10.8. The number of aryl methyl sites for hydroxylation is 1. The minimum atomic E-state index is 0.776. The molecule has 196 valence electrons. The third-order valence-electron chi connectivity index (χ3n) is 5.36. The molecule has 0 radical (unpaired) electrons. The topological polar surface area (TPSA) is 47.4 Å². The largest absolute Gasteiger partial charge is 0.292 e. The third kappa shape index (κ3) is 10.8. The summed E-state index contributed by atoms with van der Waals surface area (Å²) in [5.41, 5.74) is 4.08.